The summed E-state index contributed by atoms with van der Waals surface area (Å²) in [6.45, 7) is 4.06. The second kappa shape index (κ2) is 4.91. The van der Waals surface area contributed by atoms with Gasteiger partial charge in [-0.05, 0) is 38.9 Å². The fourth-order valence-electron chi connectivity index (χ4n) is 1.59. The Bertz CT molecular complexity index is 187. The summed E-state index contributed by atoms with van der Waals surface area (Å²) in [7, 11) is 0. The summed E-state index contributed by atoms with van der Waals surface area (Å²) in [6.07, 6.45) is 6.67. The van der Waals surface area contributed by atoms with Gasteiger partial charge >= 0.3 is 0 Å². The highest BCUT2D eigenvalue weighted by Crippen LogP contribution is 2.31. The van der Waals surface area contributed by atoms with Crippen LogP contribution in [-0.2, 0) is 0 Å². The molecule has 0 aromatic rings. The van der Waals surface area contributed by atoms with Crippen LogP contribution < -0.4 is 0 Å². The number of nitrogens with zero attached hydrogens (tertiary/aromatic N) is 1. The minimum Gasteiger partial charge on any atom is -0.198 e. The van der Waals surface area contributed by atoms with E-state index in [0.717, 1.165) is 17.4 Å². The smallest absolute Gasteiger partial charge is 0.0684 e. The van der Waals surface area contributed by atoms with Crippen LogP contribution >= 0.6 is 11.8 Å². The van der Waals surface area contributed by atoms with Crippen LogP contribution in [0, 0.1) is 16.7 Å². The molecule has 2 heteroatoms. The van der Waals surface area contributed by atoms with E-state index in [9.17, 15) is 0 Å². The minimum atomic E-state index is -0.119. The monoisotopic (exact) mass is 197 g/mol. The van der Waals surface area contributed by atoms with Crippen molar-refractivity contribution in [2.75, 3.05) is 5.75 Å². The molecule has 1 rings (SSSR count). The van der Waals surface area contributed by atoms with E-state index in [2.05, 4.69) is 17.8 Å². The summed E-state index contributed by atoms with van der Waals surface area (Å²) < 4.78 is 0. The molecule has 1 saturated carbocycles. The Hall–Kier alpha value is -0.160. The van der Waals surface area contributed by atoms with Gasteiger partial charge in [-0.25, -0.2) is 0 Å². The topological polar surface area (TPSA) is 23.8 Å². The van der Waals surface area contributed by atoms with Crippen molar-refractivity contribution in [2.24, 2.45) is 5.41 Å². The van der Waals surface area contributed by atoms with Gasteiger partial charge in [-0.15, -0.1) is 0 Å². The molecule has 13 heavy (non-hydrogen) atoms. The molecular weight excluding hydrogens is 178 g/mol. The largest absolute Gasteiger partial charge is 0.198 e. The summed E-state index contributed by atoms with van der Waals surface area (Å²) >= 11 is 2.08. The van der Waals surface area contributed by atoms with Gasteiger partial charge in [-0.3, -0.25) is 0 Å². The maximum atomic E-state index is 8.83. The highest BCUT2D eigenvalue weighted by atomic mass is 32.2. The lowest BCUT2D eigenvalue weighted by molar-refractivity contribution is 0.481. The van der Waals surface area contributed by atoms with Crippen molar-refractivity contribution >= 4 is 11.8 Å². The zero-order valence-electron chi connectivity index (χ0n) is 8.68. The van der Waals surface area contributed by atoms with Crippen molar-refractivity contribution in [2.45, 2.75) is 51.2 Å². The molecule has 0 aliphatic heterocycles. The van der Waals surface area contributed by atoms with Crippen LogP contribution in [0.15, 0.2) is 0 Å². The Morgan fingerprint density at radius 3 is 2.54 bits per heavy atom. The number of nitriles is 1. The third kappa shape index (κ3) is 4.04. The van der Waals surface area contributed by atoms with Gasteiger partial charge in [-0.2, -0.15) is 17.0 Å². The van der Waals surface area contributed by atoms with Crippen molar-refractivity contribution in [3.63, 3.8) is 0 Å². The Balaban J connectivity index is 2.10. The number of rotatable bonds is 4. The standard InChI is InChI=1S/C11H19NS/c1-11(2,9-12)7-8-13-10-5-3-4-6-10/h10H,3-8H2,1-2H3. The molecule has 0 amide bonds. The number of hydrogen-bond acceptors (Lipinski definition) is 2. The number of hydrogen-bond donors (Lipinski definition) is 0. The fraction of sp³-hybridized carbons (Fsp3) is 0.909. The molecule has 74 valence electrons. The zero-order chi connectivity index (χ0) is 9.73. The van der Waals surface area contributed by atoms with Crippen molar-refractivity contribution < 1.29 is 0 Å². The fourth-order valence-corrected chi connectivity index (χ4v) is 3.22. The van der Waals surface area contributed by atoms with Gasteiger partial charge in [0.25, 0.3) is 0 Å². The van der Waals surface area contributed by atoms with E-state index in [-0.39, 0.29) is 5.41 Å². The predicted molar refractivity (Wildman–Crippen MR) is 58.7 cm³/mol. The lowest BCUT2D eigenvalue weighted by Gasteiger charge is -2.16. The summed E-state index contributed by atoms with van der Waals surface area (Å²) in [4.78, 5) is 0. The molecule has 1 nitrogen and oxygen atoms in total. The second-order valence-electron chi connectivity index (χ2n) is 4.52. The molecule has 0 radical (unpaired) electrons. The Kier molecular flexibility index (Phi) is 4.12. The highest BCUT2D eigenvalue weighted by Gasteiger charge is 2.19. The van der Waals surface area contributed by atoms with E-state index >= 15 is 0 Å². The summed E-state index contributed by atoms with van der Waals surface area (Å²) in [6, 6.07) is 2.35. The molecule has 0 bridgehead atoms. The number of thioether (sulfide) groups is 1. The zero-order valence-corrected chi connectivity index (χ0v) is 9.49. The molecule has 1 aliphatic carbocycles. The lowest BCUT2D eigenvalue weighted by Crippen LogP contribution is -2.10. The van der Waals surface area contributed by atoms with Crippen LogP contribution in [0.5, 0.6) is 0 Å². The van der Waals surface area contributed by atoms with Gasteiger partial charge in [0.2, 0.25) is 0 Å². The molecule has 0 spiro atoms. The second-order valence-corrected chi connectivity index (χ2v) is 5.93. The van der Waals surface area contributed by atoms with E-state index in [1.165, 1.54) is 25.7 Å². The van der Waals surface area contributed by atoms with E-state index in [1.54, 1.807) is 0 Å². The van der Waals surface area contributed by atoms with Crippen molar-refractivity contribution in [1.29, 1.82) is 5.26 Å². The van der Waals surface area contributed by atoms with Gasteiger partial charge in [0.1, 0.15) is 0 Å². The first-order chi connectivity index (χ1) is 6.14. The average Bonchev–Trinajstić information content (AvgIpc) is 2.57. The summed E-state index contributed by atoms with van der Waals surface area (Å²) in [5.41, 5.74) is -0.119. The normalized spacial score (nSPS) is 18.8. The summed E-state index contributed by atoms with van der Waals surface area (Å²) in [5, 5.41) is 9.72. The molecule has 0 atom stereocenters. The van der Waals surface area contributed by atoms with Crippen LogP contribution in [0.4, 0.5) is 0 Å². The third-order valence-corrected chi connectivity index (χ3v) is 4.07. The molecule has 0 aromatic carbocycles. The molecule has 1 aliphatic rings. The molecule has 0 aromatic heterocycles. The van der Waals surface area contributed by atoms with Crippen molar-refractivity contribution in [1.82, 2.24) is 0 Å². The Morgan fingerprint density at radius 2 is 2.00 bits per heavy atom. The van der Waals surface area contributed by atoms with Crippen LogP contribution in [0.3, 0.4) is 0 Å². The van der Waals surface area contributed by atoms with Crippen molar-refractivity contribution in [3.05, 3.63) is 0 Å². The first-order valence-corrected chi connectivity index (χ1v) is 6.22. The highest BCUT2D eigenvalue weighted by molar-refractivity contribution is 7.99. The lowest BCUT2D eigenvalue weighted by atomic mass is 9.93. The first-order valence-electron chi connectivity index (χ1n) is 5.17. The molecular formula is C11H19NS. The Labute approximate surface area is 85.9 Å². The van der Waals surface area contributed by atoms with E-state index in [1.807, 2.05) is 13.8 Å². The minimum absolute atomic E-state index is 0.119. The average molecular weight is 197 g/mol. The molecule has 0 unspecified atom stereocenters. The van der Waals surface area contributed by atoms with Crippen molar-refractivity contribution in [3.8, 4) is 6.07 Å². The maximum Gasteiger partial charge on any atom is 0.0684 e. The molecule has 0 N–H and O–H groups in total. The van der Waals surface area contributed by atoms with Gasteiger partial charge in [0.05, 0.1) is 11.5 Å². The quantitative estimate of drug-likeness (QED) is 0.687. The SMILES string of the molecule is CC(C)(C#N)CCSC1CCCC1. The van der Waals surface area contributed by atoms with Gasteiger partial charge in [-0.1, -0.05) is 12.8 Å². The summed E-state index contributed by atoms with van der Waals surface area (Å²) in [5.74, 6) is 1.16. The van der Waals surface area contributed by atoms with Crippen LogP contribution in [0.2, 0.25) is 0 Å². The van der Waals surface area contributed by atoms with Crippen LogP contribution in [0.25, 0.3) is 0 Å². The Morgan fingerprint density at radius 1 is 1.38 bits per heavy atom. The maximum absolute atomic E-state index is 8.83. The predicted octanol–water partition coefficient (Wildman–Crippen LogP) is 3.60. The third-order valence-electron chi connectivity index (χ3n) is 2.69. The van der Waals surface area contributed by atoms with E-state index < -0.39 is 0 Å². The van der Waals surface area contributed by atoms with Gasteiger partial charge in [0, 0.05) is 5.25 Å². The van der Waals surface area contributed by atoms with E-state index in [4.69, 9.17) is 5.26 Å². The first kappa shape index (κ1) is 10.9. The molecule has 0 heterocycles. The van der Waals surface area contributed by atoms with Crippen LogP contribution in [0.1, 0.15) is 46.0 Å². The van der Waals surface area contributed by atoms with Gasteiger partial charge in [0.15, 0.2) is 0 Å². The van der Waals surface area contributed by atoms with E-state index in [0.29, 0.717) is 0 Å². The molecule has 0 saturated heterocycles. The van der Waals surface area contributed by atoms with Gasteiger partial charge < -0.3 is 0 Å². The molecule has 1 fully saturated rings. The van der Waals surface area contributed by atoms with Crippen LogP contribution in [-0.4, -0.2) is 11.0 Å².